The minimum absolute atomic E-state index is 0.0161. The Morgan fingerprint density at radius 2 is 1.85 bits per heavy atom. The summed E-state index contributed by atoms with van der Waals surface area (Å²) < 4.78 is 44.3. The zero-order valence-electron chi connectivity index (χ0n) is 14.9. The molecule has 3 heterocycles. The second-order valence-electron chi connectivity index (χ2n) is 7.67. The standard InChI is InChI=1S/C18H23FN2O4S/c1-11-7-20(8-12(2)25-11)16-4-3-14(6-15(16)19)21-17-10-26(23,24)9-13(17)5-18(21)22/h3-4,6,11-13,17H,5,7-10H2,1-2H3/t11-,12-,13-,17-/m1/s1. The molecule has 0 saturated carbocycles. The number of halogens is 1. The molecule has 142 valence electrons. The SMILES string of the molecule is C[C@@H]1CN(c2ccc(N3C(=O)C[C@@H]4CS(=O)(=O)C[C@H]43)cc2F)C[C@@H](C)O1. The number of rotatable bonds is 2. The summed E-state index contributed by atoms with van der Waals surface area (Å²) >= 11 is 0. The van der Waals surface area contributed by atoms with Gasteiger partial charge in [-0.25, -0.2) is 12.8 Å². The number of amides is 1. The topological polar surface area (TPSA) is 66.9 Å². The van der Waals surface area contributed by atoms with Crippen LogP contribution in [0.25, 0.3) is 0 Å². The second kappa shape index (κ2) is 6.20. The lowest BCUT2D eigenvalue weighted by Crippen LogP contribution is -2.45. The molecule has 0 N–H and O–H groups in total. The number of carbonyl (C=O) groups excluding carboxylic acids is 1. The van der Waals surface area contributed by atoms with Crippen molar-refractivity contribution in [1.82, 2.24) is 0 Å². The molecule has 3 aliphatic rings. The van der Waals surface area contributed by atoms with Gasteiger partial charge in [0.15, 0.2) is 9.84 Å². The van der Waals surface area contributed by atoms with Gasteiger partial charge < -0.3 is 14.5 Å². The molecule has 4 atom stereocenters. The lowest BCUT2D eigenvalue weighted by Gasteiger charge is -2.37. The van der Waals surface area contributed by atoms with Gasteiger partial charge >= 0.3 is 0 Å². The monoisotopic (exact) mass is 382 g/mol. The number of carbonyl (C=O) groups is 1. The molecular weight excluding hydrogens is 359 g/mol. The molecule has 0 bridgehead atoms. The quantitative estimate of drug-likeness (QED) is 0.777. The van der Waals surface area contributed by atoms with Crippen molar-refractivity contribution < 1.29 is 22.3 Å². The Kier molecular flexibility index (Phi) is 4.23. The van der Waals surface area contributed by atoms with E-state index in [1.165, 1.54) is 11.0 Å². The smallest absolute Gasteiger partial charge is 0.227 e. The molecule has 4 rings (SSSR count). The van der Waals surface area contributed by atoms with E-state index in [0.717, 1.165) is 0 Å². The Hall–Kier alpha value is -1.67. The third kappa shape index (κ3) is 3.09. The number of anilines is 2. The molecule has 1 aromatic carbocycles. The summed E-state index contributed by atoms with van der Waals surface area (Å²) in [6, 6.07) is 4.38. The number of fused-ring (bicyclic) bond motifs is 1. The summed E-state index contributed by atoms with van der Waals surface area (Å²) in [5.41, 5.74) is 0.924. The number of nitrogens with zero attached hydrogens (tertiary/aromatic N) is 2. The van der Waals surface area contributed by atoms with Gasteiger partial charge in [-0.05, 0) is 32.0 Å². The zero-order chi connectivity index (χ0) is 18.6. The van der Waals surface area contributed by atoms with Crippen LogP contribution in [0.4, 0.5) is 15.8 Å². The third-order valence-corrected chi connectivity index (χ3v) is 7.23. The summed E-state index contributed by atoms with van der Waals surface area (Å²) in [4.78, 5) is 15.8. The van der Waals surface area contributed by atoms with Gasteiger partial charge in [-0.1, -0.05) is 0 Å². The molecule has 0 aromatic heterocycles. The minimum atomic E-state index is -3.13. The highest BCUT2D eigenvalue weighted by Gasteiger charge is 2.49. The van der Waals surface area contributed by atoms with Crippen LogP contribution in [0, 0.1) is 11.7 Å². The lowest BCUT2D eigenvalue weighted by molar-refractivity contribution is -0.117. The fraction of sp³-hybridized carbons (Fsp3) is 0.611. The van der Waals surface area contributed by atoms with Gasteiger partial charge in [-0.2, -0.15) is 0 Å². The maximum atomic E-state index is 14.8. The van der Waals surface area contributed by atoms with Crippen molar-refractivity contribution in [2.75, 3.05) is 34.4 Å². The van der Waals surface area contributed by atoms with Crippen LogP contribution >= 0.6 is 0 Å². The van der Waals surface area contributed by atoms with Crippen LogP contribution in [-0.2, 0) is 19.4 Å². The summed E-state index contributed by atoms with van der Waals surface area (Å²) in [6.45, 7) is 5.12. The number of ether oxygens (including phenoxy) is 1. The van der Waals surface area contributed by atoms with E-state index in [0.29, 0.717) is 24.5 Å². The van der Waals surface area contributed by atoms with E-state index in [4.69, 9.17) is 4.74 Å². The first-order valence-electron chi connectivity index (χ1n) is 8.96. The minimum Gasteiger partial charge on any atom is -0.372 e. The van der Waals surface area contributed by atoms with Crippen LogP contribution in [0.15, 0.2) is 18.2 Å². The van der Waals surface area contributed by atoms with Gasteiger partial charge in [-0.3, -0.25) is 4.79 Å². The molecule has 3 fully saturated rings. The van der Waals surface area contributed by atoms with Gasteiger partial charge in [0.25, 0.3) is 0 Å². The molecule has 0 unspecified atom stereocenters. The van der Waals surface area contributed by atoms with Gasteiger partial charge in [-0.15, -0.1) is 0 Å². The summed E-state index contributed by atoms with van der Waals surface area (Å²) in [5, 5.41) is 0. The van der Waals surface area contributed by atoms with E-state index < -0.39 is 15.7 Å². The van der Waals surface area contributed by atoms with Crippen molar-refractivity contribution in [3.8, 4) is 0 Å². The van der Waals surface area contributed by atoms with E-state index in [2.05, 4.69) is 0 Å². The number of benzene rings is 1. The first-order chi connectivity index (χ1) is 12.2. The predicted molar refractivity (Wildman–Crippen MR) is 96.7 cm³/mol. The molecule has 0 radical (unpaired) electrons. The number of hydrogen-bond acceptors (Lipinski definition) is 5. The number of hydrogen-bond donors (Lipinski definition) is 0. The van der Waals surface area contributed by atoms with Crippen molar-refractivity contribution >= 4 is 27.1 Å². The molecule has 0 aliphatic carbocycles. The summed E-state index contributed by atoms with van der Waals surface area (Å²) in [5.74, 6) is -0.706. The van der Waals surface area contributed by atoms with Crippen LogP contribution in [0.3, 0.4) is 0 Å². The van der Waals surface area contributed by atoms with Crippen LogP contribution in [-0.4, -0.2) is 57.2 Å². The highest BCUT2D eigenvalue weighted by Crippen LogP contribution is 2.38. The van der Waals surface area contributed by atoms with E-state index in [9.17, 15) is 17.6 Å². The van der Waals surface area contributed by atoms with Crippen molar-refractivity contribution in [3.63, 3.8) is 0 Å². The van der Waals surface area contributed by atoms with Crippen LogP contribution in [0.2, 0.25) is 0 Å². The zero-order valence-corrected chi connectivity index (χ0v) is 15.7. The Morgan fingerprint density at radius 3 is 2.50 bits per heavy atom. The highest BCUT2D eigenvalue weighted by molar-refractivity contribution is 7.91. The van der Waals surface area contributed by atoms with Gasteiger partial charge in [0.05, 0.1) is 35.4 Å². The molecule has 26 heavy (non-hydrogen) atoms. The molecule has 1 aromatic rings. The Morgan fingerprint density at radius 1 is 1.15 bits per heavy atom. The average molecular weight is 382 g/mol. The lowest BCUT2D eigenvalue weighted by atomic mass is 10.0. The van der Waals surface area contributed by atoms with Crippen molar-refractivity contribution in [2.24, 2.45) is 5.92 Å². The van der Waals surface area contributed by atoms with Gasteiger partial charge in [0, 0.05) is 31.1 Å². The fourth-order valence-corrected chi connectivity index (χ4v) is 6.57. The van der Waals surface area contributed by atoms with Gasteiger partial charge in [0.2, 0.25) is 5.91 Å². The van der Waals surface area contributed by atoms with Crippen molar-refractivity contribution in [1.29, 1.82) is 0 Å². The number of sulfone groups is 1. The second-order valence-corrected chi connectivity index (χ2v) is 9.82. The summed E-state index contributed by atoms with van der Waals surface area (Å²) in [7, 11) is -3.13. The molecule has 8 heteroatoms. The van der Waals surface area contributed by atoms with Crippen LogP contribution in [0.1, 0.15) is 20.3 Å². The van der Waals surface area contributed by atoms with E-state index >= 15 is 0 Å². The molecule has 3 aliphatic heterocycles. The predicted octanol–water partition coefficient (Wildman–Crippen LogP) is 1.59. The Bertz CT molecular complexity index is 834. The molecule has 0 spiro atoms. The first-order valence-corrected chi connectivity index (χ1v) is 10.8. The average Bonchev–Trinajstić information content (AvgIpc) is 2.95. The maximum Gasteiger partial charge on any atom is 0.227 e. The fourth-order valence-electron chi connectivity index (χ4n) is 4.50. The molecule has 6 nitrogen and oxygen atoms in total. The highest BCUT2D eigenvalue weighted by atomic mass is 32.2. The Balaban J connectivity index is 1.61. The third-order valence-electron chi connectivity index (χ3n) is 5.44. The molecular formula is C18H23FN2O4S. The normalized spacial score (nSPS) is 33.6. The van der Waals surface area contributed by atoms with E-state index in [1.807, 2.05) is 18.7 Å². The van der Waals surface area contributed by atoms with E-state index in [1.54, 1.807) is 12.1 Å². The van der Waals surface area contributed by atoms with Crippen molar-refractivity contribution in [2.45, 2.75) is 38.5 Å². The summed E-state index contributed by atoms with van der Waals surface area (Å²) in [6.07, 6.45) is 0.246. The number of morpholine rings is 1. The van der Waals surface area contributed by atoms with E-state index in [-0.39, 0.29) is 48.0 Å². The van der Waals surface area contributed by atoms with Crippen LogP contribution in [0.5, 0.6) is 0 Å². The maximum absolute atomic E-state index is 14.8. The Labute approximate surface area is 152 Å². The largest absolute Gasteiger partial charge is 0.372 e. The molecule has 1 amide bonds. The van der Waals surface area contributed by atoms with Crippen molar-refractivity contribution in [3.05, 3.63) is 24.0 Å². The van der Waals surface area contributed by atoms with Gasteiger partial charge in [0.1, 0.15) is 5.82 Å². The van der Waals surface area contributed by atoms with Crippen LogP contribution < -0.4 is 9.80 Å². The molecule has 3 saturated heterocycles. The first kappa shape index (κ1) is 17.7.